The summed E-state index contributed by atoms with van der Waals surface area (Å²) in [6.07, 6.45) is 4.42. The fourth-order valence-corrected chi connectivity index (χ4v) is 0.390. The van der Waals surface area contributed by atoms with E-state index in [1.54, 1.807) is 5.82 Å². The van der Waals surface area contributed by atoms with Gasteiger partial charge in [0.15, 0.2) is 0 Å². The third-order valence-corrected chi connectivity index (χ3v) is 0.772. The van der Waals surface area contributed by atoms with E-state index in [1.807, 2.05) is 6.08 Å². The van der Waals surface area contributed by atoms with Gasteiger partial charge in [0, 0.05) is 0 Å². The van der Waals surface area contributed by atoms with Crippen molar-refractivity contribution < 1.29 is 0 Å². The number of hydrogen-bond acceptors (Lipinski definition) is 0. The topological polar surface area (TPSA) is 0 Å². The zero-order chi connectivity index (χ0) is 4.83. The molecular formula is C5H9P. The second-order valence-corrected chi connectivity index (χ2v) is 1.47. The lowest BCUT2D eigenvalue weighted by atomic mass is 10.3. The quantitative estimate of drug-likeness (QED) is 0.468. The second-order valence-electron chi connectivity index (χ2n) is 1.17. The molecule has 34 valence electrons. The van der Waals surface area contributed by atoms with Gasteiger partial charge in [-0.2, -0.15) is 0 Å². The van der Waals surface area contributed by atoms with Gasteiger partial charge in [0.2, 0.25) is 0 Å². The molecule has 0 spiro atoms. The van der Waals surface area contributed by atoms with Gasteiger partial charge < -0.3 is 0 Å². The summed E-state index contributed by atoms with van der Waals surface area (Å²) in [6.45, 7) is 2.15. The van der Waals surface area contributed by atoms with Crippen LogP contribution in [-0.2, 0) is 0 Å². The van der Waals surface area contributed by atoms with E-state index in [9.17, 15) is 0 Å². The highest BCUT2D eigenvalue weighted by molar-refractivity contribution is 7.20. The maximum absolute atomic E-state index is 3.87. The Bertz CT molecular complexity index is 39.2. The van der Waals surface area contributed by atoms with Crippen molar-refractivity contribution in [3.05, 3.63) is 11.9 Å². The van der Waals surface area contributed by atoms with Gasteiger partial charge in [0.25, 0.3) is 0 Å². The van der Waals surface area contributed by atoms with Crippen LogP contribution < -0.4 is 0 Å². The summed E-state index contributed by atoms with van der Waals surface area (Å²) >= 11 is 0. The van der Waals surface area contributed by atoms with Crippen LogP contribution in [0.5, 0.6) is 0 Å². The first-order valence-electron chi connectivity index (χ1n) is 2.21. The lowest BCUT2D eigenvalue weighted by Gasteiger charge is -1.75. The van der Waals surface area contributed by atoms with E-state index < -0.39 is 0 Å². The molecule has 1 heteroatoms. The first-order chi connectivity index (χ1) is 2.91. The van der Waals surface area contributed by atoms with Crippen LogP contribution in [0.25, 0.3) is 0 Å². The summed E-state index contributed by atoms with van der Waals surface area (Å²) < 4.78 is 0. The number of rotatable bonds is 2. The molecule has 0 saturated carbocycles. The van der Waals surface area contributed by atoms with Gasteiger partial charge in [-0.25, -0.2) is 0 Å². The molecule has 0 rings (SSSR count). The molecule has 0 aromatic rings. The van der Waals surface area contributed by atoms with Gasteiger partial charge in [0.1, 0.15) is 0 Å². The highest BCUT2D eigenvalue weighted by Gasteiger charge is 1.65. The Morgan fingerprint density at radius 3 is 2.50 bits per heavy atom. The van der Waals surface area contributed by atoms with Gasteiger partial charge in [-0.15, -0.1) is 0 Å². The molecule has 0 saturated heterocycles. The monoisotopic (exact) mass is 100 g/mol. The van der Waals surface area contributed by atoms with Crippen molar-refractivity contribution >= 4 is 9.24 Å². The minimum absolute atomic E-state index is 1.16. The first-order valence-corrected chi connectivity index (χ1v) is 2.72. The zero-order valence-corrected chi connectivity index (χ0v) is 4.91. The predicted octanol–water partition coefficient (Wildman–Crippen LogP) is 2.71. The van der Waals surface area contributed by atoms with Crippen molar-refractivity contribution in [1.82, 2.24) is 0 Å². The Morgan fingerprint density at radius 2 is 2.33 bits per heavy atom. The van der Waals surface area contributed by atoms with Gasteiger partial charge in [0.05, 0.1) is 0 Å². The van der Waals surface area contributed by atoms with Gasteiger partial charge in [-0.1, -0.05) is 25.2 Å². The van der Waals surface area contributed by atoms with Crippen LogP contribution in [0.4, 0.5) is 0 Å². The minimum atomic E-state index is 1.16. The Balaban J connectivity index is 2.66. The summed E-state index contributed by atoms with van der Waals surface area (Å²) in [5, 5.41) is 0. The van der Waals surface area contributed by atoms with Crippen LogP contribution in [0.3, 0.4) is 0 Å². The molecule has 0 aromatic carbocycles. The summed E-state index contributed by atoms with van der Waals surface area (Å²) in [5.41, 5.74) is 0. The molecule has 0 amide bonds. The molecular weight excluding hydrogens is 91.0 g/mol. The second kappa shape index (κ2) is 5.17. The van der Waals surface area contributed by atoms with E-state index >= 15 is 0 Å². The van der Waals surface area contributed by atoms with Crippen LogP contribution in [-0.4, -0.2) is 0 Å². The lowest BCUT2D eigenvalue weighted by molar-refractivity contribution is 0.960. The van der Waals surface area contributed by atoms with Crippen molar-refractivity contribution in [2.45, 2.75) is 19.8 Å². The van der Waals surface area contributed by atoms with E-state index in [0.717, 1.165) is 6.42 Å². The third kappa shape index (κ3) is 4.17. The SMILES string of the molecule is CCC/C=C/[P]. The van der Waals surface area contributed by atoms with Crippen molar-refractivity contribution in [3.63, 3.8) is 0 Å². The Morgan fingerprint density at radius 1 is 1.67 bits per heavy atom. The third-order valence-electron chi connectivity index (χ3n) is 0.561. The Labute approximate surface area is 41.8 Å². The molecule has 0 heterocycles. The molecule has 0 aliphatic rings. The van der Waals surface area contributed by atoms with Gasteiger partial charge in [-0.3, -0.25) is 0 Å². The lowest BCUT2D eigenvalue weighted by Crippen LogP contribution is -1.54. The summed E-state index contributed by atoms with van der Waals surface area (Å²) in [7, 11) is 3.87. The highest BCUT2D eigenvalue weighted by Crippen LogP contribution is 1.90. The van der Waals surface area contributed by atoms with Crippen LogP contribution in [0, 0.1) is 0 Å². The molecule has 2 radical (unpaired) electrons. The molecule has 0 fully saturated rings. The molecule has 0 aliphatic carbocycles. The van der Waals surface area contributed by atoms with Crippen molar-refractivity contribution in [1.29, 1.82) is 0 Å². The van der Waals surface area contributed by atoms with E-state index in [2.05, 4.69) is 16.2 Å². The summed E-state index contributed by atoms with van der Waals surface area (Å²) in [5.74, 6) is 1.78. The number of allylic oxidation sites excluding steroid dienone is 1. The van der Waals surface area contributed by atoms with Crippen LogP contribution in [0.1, 0.15) is 19.8 Å². The molecule has 0 aromatic heterocycles. The maximum Gasteiger partial charge on any atom is -0.0146 e. The van der Waals surface area contributed by atoms with E-state index in [4.69, 9.17) is 0 Å². The Hall–Kier alpha value is 0.170. The van der Waals surface area contributed by atoms with Crippen LogP contribution >= 0.6 is 9.24 Å². The number of unbranched alkanes of at least 4 members (excludes halogenated alkanes) is 1. The molecule has 0 aliphatic heterocycles. The number of hydrogen-bond donors (Lipinski definition) is 0. The minimum Gasteiger partial charge on any atom is -0.0834 e. The largest absolute Gasteiger partial charge is 0.0834 e. The average molecular weight is 100 g/mol. The smallest absolute Gasteiger partial charge is 0.0146 e. The molecule has 0 bridgehead atoms. The molecule has 0 nitrogen and oxygen atoms in total. The van der Waals surface area contributed by atoms with Crippen LogP contribution in [0.2, 0.25) is 0 Å². The van der Waals surface area contributed by atoms with Gasteiger partial charge in [-0.05, 0) is 15.7 Å². The van der Waals surface area contributed by atoms with Crippen molar-refractivity contribution in [3.8, 4) is 0 Å². The van der Waals surface area contributed by atoms with Crippen molar-refractivity contribution in [2.24, 2.45) is 0 Å². The molecule has 0 N–H and O–H groups in total. The molecule has 6 heavy (non-hydrogen) atoms. The first kappa shape index (κ1) is 6.17. The predicted molar refractivity (Wildman–Crippen MR) is 31.0 cm³/mol. The van der Waals surface area contributed by atoms with E-state index in [0.29, 0.717) is 0 Å². The fraction of sp³-hybridized carbons (Fsp3) is 0.600. The van der Waals surface area contributed by atoms with E-state index in [-0.39, 0.29) is 0 Å². The average Bonchev–Trinajstić information content (AvgIpc) is 1.61. The van der Waals surface area contributed by atoms with Crippen molar-refractivity contribution in [2.75, 3.05) is 0 Å². The van der Waals surface area contributed by atoms with Crippen LogP contribution in [0.15, 0.2) is 11.9 Å². The maximum atomic E-state index is 3.87. The van der Waals surface area contributed by atoms with E-state index in [1.165, 1.54) is 6.42 Å². The molecule has 0 unspecified atom stereocenters. The summed E-state index contributed by atoms with van der Waals surface area (Å²) in [6, 6.07) is 0. The molecule has 0 atom stereocenters. The standard InChI is InChI=1S/C5H9P/c1-2-3-4-5-6/h4-5H,2-3H2,1H3/b5-4+. The summed E-state index contributed by atoms with van der Waals surface area (Å²) in [4.78, 5) is 0. The normalized spacial score (nSPS) is 10.3. The van der Waals surface area contributed by atoms with Gasteiger partial charge >= 0.3 is 0 Å². The fourth-order valence-electron chi connectivity index (χ4n) is 0.241. The zero-order valence-electron chi connectivity index (χ0n) is 4.02. The Kier molecular flexibility index (Phi) is 5.32. The highest BCUT2D eigenvalue weighted by atomic mass is 31.0.